The van der Waals surface area contributed by atoms with Crippen LogP contribution >= 0.6 is 0 Å². The first-order valence-electron chi connectivity index (χ1n) is 27.4. The van der Waals surface area contributed by atoms with Crippen LogP contribution in [-0.4, -0.2) is 9.13 Å². The lowest BCUT2D eigenvalue weighted by molar-refractivity contribution is 0.660. The number of para-hydroxylation sites is 3. The highest BCUT2D eigenvalue weighted by Crippen LogP contribution is 2.50. The summed E-state index contributed by atoms with van der Waals surface area (Å²) in [5, 5.41) is 3.77. The normalized spacial score (nSPS) is 13.2. The van der Waals surface area contributed by atoms with Crippen molar-refractivity contribution in [2.45, 2.75) is 32.1 Å². The molecule has 3 nitrogen and oxygen atoms in total. The highest BCUT2D eigenvalue weighted by atomic mass is 15.1. The van der Waals surface area contributed by atoms with Crippen LogP contribution in [0.5, 0.6) is 0 Å². The minimum atomic E-state index is -0.117. The van der Waals surface area contributed by atoms with E-state index in [1.165, 1.54) is 105 Å². The minimum Gasteiger partial charge on any atom is -0.313 e. The summed E-state index contributed by atoms with van der Waals surface area (Å²) in [6.07, 6.45) is 6.73. The molecule has 78 heavy (non-hydrogen) atoms. The average Bonchev–Trinajstić information content (AvgIpc) is 4.27. The molecule has 0 bridgehead atoms. The second-order valence-corrected chi connectivity index (χ2v) is 21.6. The third kappa shape index (κ3) is 7.49. The Morgan fingerprint density at radius 2 is 0.923 bits per heavy atom. The molecule has 0 aliphatic heterocycles. The first kappa shape index (κ1) is 45.7. The van der Waals surface area contributed by atoms with Crippen LogP contribution in [-0.2, 0) is 11.8 Å². The van der Waals surface area contributed by atoms with Gasteiger partial charge in [0.25, 0.3) is 0 Å². The maximum Gasteiger partial charge on any atom is 0.0547 e. The van der Waals surface area contributed by atoms with Crippen LogP contribution in [0.1, 0.15) is 42.7 Å². The van der Waals surface area contributed by atoms with Crippen molar-refractivity contribution in [3.05, 3.63) is 289 Å². The predicted molar refractivity (Wildman–Crippen MR) is 329 cm³/mol. The van der Waals surface area contributed by atoms with Crippen LogP contribution in [0.3, 0.4) is 0 Å². The number of anilines is 3. The first-order valence-corrected chi connectivity index (χ1v) is 27.4. The standard InChI is InChI=1S/C75H55N3/c1-75(2)69-30-15-12-27-63(69)64-41-39-62(49-70(64)75)78-71-31-16-13-28-65(71)67-40-35-54(48-74(67)78)57-44-55(43-56(45-57)53-36-42-73-68(47-53)66-29-14-17-32-72(66)77(73)59-24-10-5-11-25-59)52-21-18-26-61(46-52)76(58-22-8-4-9-23-58)60-37-33-51(34-38-60)50-19-6-3-7-20-50/h3-16,18-31,33-49H,17,32H2,1-2H3. The lowest BCUT2D eigenvalue weighted by Crippen LogP contribution is -2.15. The number of benzene rings is 11. The predicted octanol–water partition coefficient (Wildman–Crippen LogP) is 20.1. The molecule has 2 heterocycles. The van der Waals surface area contributed by atoms with Crippen LogP contribution in [0.25, 0.3) is 106 Å². The Morgan fingerprint density at radius 1 is 0.346 bits per heavy atom. The van der Waals surface area contributed by atoms with E-state index < -0.39 is 0 Å². The SMILES string of the molecule is CC1(C)c2ccccc2-c2ccc(-n3c4ccccc4c4ccc(-c5cc(-c6cccc(N(c7ccccc7)c7ccc(-c8ccccc8)cc7)c6)cc(-c6ccc7c(c6)c6c(n7-c7ccccc7)CCC=C6)c5)cc43)cc21. The number of hydrogen-bond acceptors (Lipinski definition) is 1. The zero-order chi connectivity index (χ0) is 51.9. The molecule has 370 valence electrons. The largest absolute Gasteiger partial charge is 0.313 e. The fourth-order valence-electron chi connectivity index (χ4n) is 12.9. The number of fused-ring (bicyclic) bond motifs is 9. The molecule has 0 atom stereocenters. The summed E-state index contributed by atoms with van der Waals surface area (Å²) in [5.41, 5.74) is 26.7. The molecule has 11 aromatic carbocycles. The fraction of sp³-hybridized carbons (Fsp3) is 0.0667. The van der Waals surface area contributed by atoms with Crippen molar-refractivity contribution in [1.82, 2.24) is 9.13 Å². The Labute approximate surface area is 455 Å². The summed E-state index contributed by atoms with van der Waals surface area (Å²) in [4.78, 5) is 2.37. The molecule has 0 spiro atoms. The van der Waals surface area contributed by atoms with Gasteiger partial charge < -0.3 is 14.0 Å². The minimum absolute atomic E-state index is 0.117. The van der Waals surface area contributed by atoms with E-state index in [0.717, 1.165) is 46.6 Å². The van der Waals surface area contributed by atoms with Gasteiger partial charge in [-0.1, -0.05) is 184 Å². The van der Waals surface area contributed by atoms with Gasteiger partial charge in [0.05, 0.1) is 16.6 Å². The van der Waals surface area contributed by atoms with Crippen LogP contribution in [0, 0.1) is 0 Å². The van der Waals surface area contributed by atoms with Crippen LogP contribution < -0.4 is 4.90 Å². The van der Waals surface area contributed by atoms with Gasteiger partial charge in [-0.25, -0.2) is 0 Å². The molecule has 2 aliphatic rings. The van der Waals surface area contributed by atoms with Crippen molar-refractivity contribution in [3.63, 3.8) is 0 Å². The zero-order valence-corrected chi connectivity index (χ0v) is 43.7. The third-order valence-corrected chi connectivity index (χ3v) is 16.7. The molecular formula is C75H55N3. The number of aromatic nitrogens is 2. The smallest absolute Gasteiger partial charge is 0.0547 e. The van der Waals surface area contributed by atoms with Crippen LogP contribution in [0.2, 0.25) is 0 Å². The molecule has 3 heteroatoms. The van der Waals surface area contributed by atoms with Crippen molar-refractivity contribution in [2.75, 3.05) is 4.90 Å². The van der Waals surface area contributed by atoms with E-state index in [0.29, 0.717) is 0 Å². The van der Waals surface area contributed by atoms with Crippen molar-refractivity contribution < 1.29 is 0 Å². The van der Waals surface area contributed by atoms with Crippen LogP contribution in [0.4, 0.5) is 17.1 Å². The van der Waals surface area contributed by atoms with Gasteiger partial charge in [0.2, 0.25) is 0 Å². The van der Waals surface area contributed by atoms with E-state index >= 15 is 0 Å². The van der Waals surface area contributed by atoms with Crippen molar-refractivity contribution >= 4 is 55.8 Å². The number of allylic oxidation sites excluding steroid dienone is 1. The molecule has 15 rings (SSSR count). The van der Waals surface area contributed by atoms with Gasteiger partial charge in [-0.15, -0.1) is 0 Å². The Balaban J connectivity index is 0.912. The summed E-state index contributed by atoms with van der Waals surface area (Å²) in [6, 6.07) is 96.6. The van der Waals surface area contributed by atoms with Gasteiger partial charge in [0, 0.05) is 61.3 Å². The molecule has 13 aromatic rings. The molecule has 2 aromatic heterocycles. The first-order chi connectivity index (χ1) is 38.4. The lowest BCUT2D eigenvalue weighted by atomic mass is 9.82. The molecular weight excluding hydrogens is 943 g/mol. The Morgan fingerprint density at radius 3 is 1.72 bits per heavy atom. The van der Waals surface area contributed by atoms with E-state index in [1.807, 2.05) is 0 Å². The van der Waals surface area contributed by atoms with Gasteiger partial charge in [0.1, 0.15) is 0 Å². The molecule has 0 saturated heterocycles. The zero-order valence-electron chi connectivity index (χ0n) is 43.7. The Kier molecular flexibility index (Phi) is 10.7. The second-order valence-electron chi connectivity index (χ2n) is 21.6. The molecule has 0 N–H and O–H groups in total. The second kappa shape index (κ2) is 18.3. The number of hydrogen-bond donors (Lipinski definition) is 0. The van der Waals surface area contributed by atoms with E-state index in [-0.39, 0.29) is 5.41 Å². The quantitative estimate of drug-likeness (QED) is 0.140. The summed E-state index contributed by atoms with van der Waals surface area (Å²) < 4.78 is 4.97. The molecule has 0 saturated carbocycles. The monoisotopic (exact) mass is 997 g/mol. The lowest BCUT2D eigenvalue weighted by Gasteiger charge is -2.26. The van der Waals surface area contributed by atoms with Crippen molar-refractivity contribution in [2.24, 2.45) is 0 Å². The summed E-state index contributed by atoms with van der Waals surface area (Å²) in [7, 11) is 0. The van der Waals surface area contributed by atoms with Gasteiger partial charge in [-0.3, -0.25) is 0 Å². The maximum atomic E-state index is 2.49. The highest BCUT2D eigenvalue weighted by molar-refractivity contribution is 6.10. The third-order valence-electron chi connectivity index (χ3n) is 16.7. The molecule has 2 aliphatic carbocycles. The molecule has 0 unspecified atom stereocenters. The summed E-state index contributed by atoms with van der Waals surface area (Å²) >= 11 is 0. The Bertz CT molecular complexity index is 4500. The molecule has 0 fully saturated rings. The summed E-state index contributed by atoms with van der Waals surface area (Å²) in [5.74, 6) is 0. The topological polar surface area (TPSA) is 13.1 Å². The van der Waals surface area contributed by atoms with Gasteiger partial charge in [-0.05, 0) is 183 Å². The fourth-order valence-corrected chi connectivity index (χ4v) is 12.9. The van der Waals surface area contributed by atoms with Gasteiger partial charge >= 0.3 is 0 Å². The summed E-state index contributed by atoms with van der Waals surface area (Å²) in [6.45, 7) is 4.74. The molecule has 0 amide bonds. The maximum absolute atomic E-state index is 2.49. The van der Waals surface area contributed by atoms with E-state index in [4.69, 9.17) is 0 Å². The Hall–Kier alpha value is -9.70. The number of nitrogens with zero attached hydrogens (tertiary/aromatic N) is 3. The average molecular weight is 998 g/mol. The van der Waals surface area contributed by atoms with Crippen molar-refractivity contribution in [3.8, 4) is 67.0 Å². The van der Waals surface area contributed by atoms with E-state index in [9.17, 15) is 0 Å². The van der Waals surface area contributed by atoms with E-state index in [1.54, 1.807) is 0 Å². The molecule has 0 radical (unpaired) electrons. The van der Waals surface area contributed by atoms with Crippen molar-refractivity contribution in [1.29, 1.82) is 0 Å². The number of rotatable bonds is 9. The van der Waals surface area contributed by atoms with Crippen LogP contribution in [0.15, 0.2) is 267 Å². The van der Waals surface area contributed by atoms with Gasteiger partial charge in [-0.2, -0.15) is 0 Å². The highest BCUT2D eigenvalue weighted by Gasteiger charge is 2.35. The van der Waals surface area contributed by atoms with E-state index in [2.05, 4.69) is 301 Å². The van der Waals surface area contributed by atoms with Gasteiger partial charge in [0.15, 0.2) is 0 Å².